The lowest BCUT2D eigenvalue weighted by Crippen LogP contribution is -2.44. The summed E-state index contributed by atoms with van der Waals surface area (Å²) in [5, 5.41) is 1.83. The molecule has 2 aliphatic heterocycles. The molecule has 4 aromatic carbocycles. The maximum absolute atomic E-state index is 13.1. The first-order valence-corrected chi connectivity index (χ1v) is 14.2. The molecule has 7 nitrogen and oxygen atoms in total. The molecule has 2 aliphatic rings. The van der Waals surface area contributed by atoms with Gasteiger partial charge in [0.05, 0.1) is 12.0 Å². The minimum atomic E-state index is -0.471. The maximum Gasteiger partial charge on any atom is 0.294 e. The Balaban J connectivity index is 1.13. The molecular formula is C33H28N2O5S. The number of imide groups is 1. The number of carbonyl (C=O) groups is 3. The van der Waals surface area contributed by atoms with Crippen molar-refractivity contribution >= 4 is 45.7 Å². The van der Waals surface area contributed by atoms with E-state index in [9.17, 15) is 14.4 Å². The molecule has 0 saturated carbocycles. The Morgan fingerprint density at radius 2 is 1.71 bits per heavy atom. The first kappa shape index (κ1) is 26.7. The zero-order valence-electron chi connectivity index (χ0n) is 22.5. The third-order valence-electron chi connectivity index (χ3n) is 7.40. The molecule has 41 heavy (non-hydrogen) atoms. The van der Waals surface area contributed by atoms with E-state index in [1.54, 1.807) is 30.2 Å². The number of amides is 3. The second-order valence-corrected chi connectivity index (χ2v) is 10.9. The monoisotopic (exact) mass is 564 g/mol. The second kappa shape index (κ2) is 11.5. The van der Waals surface area contributed by atoms with Crippen molar-refractivity contribution in [2.45, 2.75) is 19.6 Å². The molecule has 3 amide bonds. The molecule has 0 bridgehead atoms. The molecule has 2 heterocycles. The van der Waals surface area contributed by atoms with E-state index in [0.29, 0.717) is 36.8 Å². The van der Waals surface area contributed by atoms with Crippen LogP contribution in [0.25, 0.3) is 16.8 Å². The Hall–Kier alpha value is -4.56. The van der Waals surface area contributed by atoms with Crippen molar-refractivity contribution in [3.05, 3.63) is 112 Å². The molecule has 4 aromatic rings. The summed E-state index contributed by atoms with van der Waals surface area (Å²) in [4.78, 5) is 41.8. The van der Waals surface area contributed by atoms with Gasteiger partial charge < -0.3 is 14.4 Å². The van der Waals surface area contributed by atoms with E-state index in [-0.39, 0.29) is 17.4 Å². The molecule has 0 aromatic heterocycles. The Bertz CT molecular complexity index is 1690. The SMILES string of the molecule is COc1cc(/C=C2/SC(=O)N(CC(=O)N3CCc4ccccc4C3)C2=O)ccc1OCc1cccc2ccccc12. The van der Waals surface area contributed by atoms with Gasteiger partial charge in [-0.25, -0.2) is 0 Å². The standard InChI is InChI=1S/C33H28N2O5S/c1-39-29-17-22(13-14-28(29)40-21-26-11-6-10-24-8-4-5-12-27(24)26)18-30-32(37)35(33(38)41-30)20-31(36)34-16-15-23-7-2-3-9-25(23)19-34/h2-14,17-18H,15-16,19-21H2,1H3/b30-18+. The number of hydrogen-bond donors (Lipinski definition) is 0. The maximum atomic E-state index is 13.1. The van der Waals surface area contributed by atoms with Crippen LogP contribution in [0.15, 0.2) is 89.8 Å². The highest BCUT2D eigenvalue weighted by Gasteiger charge is 2.37. The van der Waals surface area contributed by atoms with Gasteiger partial charge in [-0.05, 0) is 69.4 Å². The Morgan fingerprint density at radius 1 is 0.927 bits per heavy atom. The minimum absolute atomic E-state index is 0.239. The molecule has 1 fully saturated rings. The summed E-state index contributed by atoms with van der Waals surface area (Å²) in [7, 11) is 1.56. The molecule has 0 atom stereocenters. The third-order valence-corrected chi connectivity index (χ3v) is 8.31. The fourth-order valence-corrected chi connectivity index (χ4v) is 6.04. The van der Waals surface area contributed by atoms with Crippen molar-refractivity contribution in [3.8, 4) is 11.5 Å². The molecule has 0 N–H and O–H groups in total. The number of hydrogen-bond acceptors (Lipinski definition) is 6. The van der Waals surface area contributed by atoms with Gasteiger partial charge in [0.25, 0.3) is 11.1 Å². The molecule has 206 valence electrons. The molecule has 0 unspecified atom stereocenters. The van der Waals surface area contributed by atoms with Crippen molar-refractivity contribution in [2.75, 3.05) is 20.2 Å². The number of rotatable bonds is 7. The van der Waals surface area contributed by atoms with Gasteiger partial charge in [0.1, 0.15) is 13.2 Å². The van der Waals surface area contributed by atoms with E-state index in [2.05, 4.69) is 24.3 Å². The molecule has 1 saturated heterocycles. The van der Waals surface area contributed by atoms with Crippen molar-refractivity contribution < 1.29 is 23.9 Å². The smallest absolute Gasteiger partial charge is 0.294 e. The number of carbonyl (C=O) groups excluding carboxylic acids is 3. The lowest BCUT2D eigenvalue weighted by molar-refractivity contribution is -0.136. The van der Waals surface area contributed by atoms with Crippen LogP contribution in [0, 0.1) is 0 Å². The van der Waals surface area contributed by atoms with Gasteiger partial charge in [0, 0.05) is 13.1 Å². The lowest BCUT2D eigenvalue weighted by atomic mass is 10.00. The summed E-state index contributed by atoms with van der Waals surface area (Å²) in [5.74, 6) is 0.372. The van der Waals surface area contributed by atoms with Crippen molar-refractivity contribution in [1.82, 2.24) is 9.80 Å². The van der Waals surface area contributed by atoms with Gasteiger partial charge in [-0.3, -0.25) is 19.3 Å². The van der Waals surface area contributed by atoms with Crippen molar-refractivity contribution in [3.63, 3.8) is 0 Å². The van der Waals surface area contributed by atoms with Crippen LogP contribution in [0.5, 0.6) is 11.5 Å². The molecule has 0 spiro atoms. The van der Waals surface area contributed by atoms with Crippen molar-refractivity contribution in [2.24, 2.45) is 0 Å². The highest BCUT2D eigenvalue weighted by atomic mass is 32.2. The summed E-state index contributed by atoms with van der Waals surface area (Å²) in [6, 6.07) is 27.6. The van der Waals surface area contributed by atoms with Crippen LogP contribution in [0.2, 0.25) is 0 Å². The highest BCUT2D eigenvalue weighted by Crippen LogP contribution is 2.35. The molecule has 8 heteroatoms. The Kier molecular flexibility index (Phi) is 7.48. The van der Waals surface area contributed by atoms with E-state index >= 15 is 0 Å². The van der Waals surface area contributed by atoms with E-state index in [4.69, 9.17) is 9.47 Å². The number of benzene rings is 4. The summed E-state index contributed by atoms with van der Waals surface area (Å²) in [6.45, 7) is 1.15. The van der Waals surface area contributed by atoms with Crippen LogP contribution in [0.4, 0.5) is 4.79 Å². The largest absolute Gasteiger partial charge is 0.493 e. The first-order chi connectivity index (χ1) is 20.0. The van der Waals surface area contributed by atoms with Gasteiger partial charge in [-0.15, -0.1) is 0 Å². The van der Waals surface area contributed by atoms with E-state index in [1.165, 1.54) is 5.56 Å². The van der Waals surface area contributed by atoms with E-state index in [1.807, 2.05) is 48.5 Å². The van der Waals surface area contributed by atoms with Crippen LogP contribution < -0.4 is 9.47 Å². The molecular weight excluding hydrogens is 536 g/mol. The number of nitrogens with zero attached hydrogens (tertiary/aromatic N) is 2. The Labute approximate surface area is 242 Å². The van der Waals surface area contributed by atoms with Gasteiger partial charge >= 0.3 is 0 Å². The fourth-order valence-electron chi connectivity index (χ4n) is 5.20. The zero-order valence-corrected chi connectivity index (χ0v) is 23.4. The topological polar surface area (TPSA) is 76.2 Å². The number of methoxy groups -OCH3 is 1. The second-order valence-electron chi connectivity index (χ2n) is 9.94. The quantitative estimate of drug-likeness (QED) is 0.255. The molecule has 0 radical (unpaired) electrons. The summed E-state index contributed by atoms with van der Waals surface area (Å²) < 4.78 is 11.7. The lowest BCUT2D eigenvalue weighted by Gasteiger charge is -2.29. The predicted molar refractivity (Wildman–Crippen MR) is 160 cm³/mol. The predicted octanol–water partition coefficient (Wildman–Crippen LogP) is 6.05. The first-order valence-electron chi connectivity index (χ1n) is 13.4. The van der Waals surface area contributed by atoms with Crippen LogP contribution in [0.3, 0.4) is 0 Å². The number of thioether (sulfide) groups is 1. The van der Waals surface area contributed by atoms with Gasteiger partial charge in [0.2, 0.25) is 5.91 Å². The van der Waals surface area contributed by atoms with Gasteiger partial charge in [0.15, 0.2) is 11.5 Å². The molecule has 6 rings (SSSR count). The van der Waals surface area contributed by atoms with Gasteiger partial charge in [-0.2, -0.15) is 0 Å². The number of fused-ring (bicyclic) bond motifs is 2. The fraction of sp³-hybridized carbons (Fsp3) is 0.182. The van der Waals surface area contributed by atoms with Gasteiger partial charge in [-0.1, -0.05) is 72.8 Å². The molecule has 0 aliphatic carbocycles. The average Bonchev–Trinajstić information content (AvgIpc) is 3.27. The van der Waals surface area contributed by atoms with Crippen LogP contribution >= 0.6 is 11.8 Å². The Morgan fingerprint density at radius 3 is 2.56 bits per heavy atom. The summed E-state index contributed by atoms with van der Waals surface area (Å²) in [6.07, 6.45) is 2.40. The van der Waals surface area contributed by atoms with Crippen LogP contribution in [-0.2, 0) is 29.2 Å². The van der Waals surface area contributed by atoms with Crippen molar-refractivity contribution in [1.29, 1.82) is 0 Å². The minimum Gasteiger partial charge on any atom is -0.493 e. The average molecular weight is 565 g/mol. The van der Waals surface area contributed by atoms with Crippen LogP contribution in [0.1, 0.15) is 22.3 Å². The number of ether oxygens (including phenoxy) is 2. The summed E-state index contributed by atoms with van der Waals surface area (Å²) >= 11 is 0.836. The van der Waals surface area contributed by atoms with E-state index in [0.717, 1.165) is 45.0 Å². The van der Waals surface area contributed by atoms with Crippen LogP contribution in [-0.4, -0.2) is 47.1 Å². The third kappa shape index (κ3) is 5.56. The zero-order chi connectivity index (χ0) is 28.3. The normalized spacial score (nSPS) is 15.9. The summed E-state index contributed by atoms with van der Waals surface area (Å²) in [5.41, 5.74) is 4.07. The highest BCUT2D eigenvalue weighted by molar-refractivity contribution is 8.18. The van der Waals surface area contributed by atoms with E-state index < -0.39 is 11.1 Å².